The number of carbonyl (C=O) groups excluding carboxylic acids is 2. The zero-order chi connectivity index (χ0) is 22.1. The van der Waals surface area contributed by atoms with Gasteiger partial charge < -0.3 is 10.1 Å². The maximum Gasteiger partial charge on any atom is 0.337 e. The number of ether oxygens (including phenoxy) is 1. The first-order chi connectivity index (χ1) is 14.8. The number of hydrogen-bond acceptors (Lipinski definition) is 4. The van der Waals surface area contributed by atoms with Gasteiger partial charge >= 0.3 is 5.97 Å². The predicted molar refractivity (Wildman–Crippen MR) is 122 cm³/mol. The molecule has 2 aliphatic rings. The monoisotopic (exact) mass is 435 g/mol. The van der Waals surface area contributed by atoms with E-state index in [1.807, 2.05) is 51.1 Å². The van der Waals surface area contributed by atoms with Crippen molar-refractivity contribution in [1.29, 1.82) is 0 Å². The lowest BCUT2D eigenvalue weighted by atomic mass is 9.72. The van der Waals surface area contributed by atoms with Gasteiger partial charge in [0.25, 0.3) is 0 Å². The van der Waals surface area contributed by atoms with E-state index in [0.717, 1.165) is 28.9 Å². The third-order valence-electron chi connectivity index (χ3n) is 5.86. The summed E-state index contributed by atoms with van der Waals surface area (Å²) >= 11 is 6.11. The first-order valence-corrected chi connectivity index (χ1v) is 11.0. The van der Waals surface area contributed by atoms with Crippen molar-refractivity contribution < 1.29 is 14.3 Å². The number of rotatable bonds is 4. The quantitative estimate of drug-likeness (QED) is 0.630. The van der Waals surface area contributed by atoms with Gasteiger partial charge in [-0.1, -0.05) is 54.1 Å². The van der Waals surface area contributed by atoms with Crippen molar-refractivity contribution in [2.45, 2.75) is 51.6 Å². The SMILES string of the molecule is CC1=C(C(=O)OC(C)C)[C@@H](c2ccc(Cl)cc2)C2=C(C[C@@H](c3ccccc3)CC2=O)N1. The minimum Gasteiger partial charge on any atom is -0.460 e. The van der Waals surface area contributed by atoms with Gasteiger partial charge in [-0.2, -0.15) is 0 Å². The fourth-order valence-electron chi connectivity index (χ4n) is 4.54. The number of Topliss-reactive ketones (excluding diaryl/α,β-unsaturated/α-hetero) is 1. The molecule has 1 aliphatic heterocycles. The van der Waals surface area contributed by atoms with Crippen molar-refractivity contribution in [3.05, 3.63) is 93.3 Å². The normalized spacial score (nSPS) is 21.1. The molecule has 2 aromatic carbocycles. The number of benzene rings is 2. The number of allylic oxidation sites excluding steroid dienone is 3. The molecule has 4 rings (SSSR count). The molecular formula is C26H26ClNO3. The number of nitrogens with one attached hydrogen (secondary N) is 1. The standard InChI is InChI=1S/C26H26ClNO3/c1-15(2)31-26(30)23-16(3)28-21-13-19(17-7-5-4-6-8-17)14-22(29)25(21)24(23)18-9-11-20(27)12-10-18/h4-12,15,19,24,28H,13-14H2,1-3H3/t19-,24-/m1/s1. The van der Waals surface area contributed by atoms with Gasteiger partial charge in [0, 0.05) is 34.3 Å². The third-order valence-corrected chi connectivity index (χ3v) is 6.12. The molecule has 0 saturated heterocycles. The Kier molecular flexibility index (Phi) is 6.01. The van der Waals surface area contributed by atoms with E-state index in [-0.39, 0.29) is 17.8 Å². The number of halogens is 1. The van der Waals surface area contributed by atoms with Crippen molar-refractivity contribution in [1.82, 2.24) is 5.32 Å². The van der Waals surface area contributed by atoms with Crippen molar-refractivity contribution in [3.63, 3.8) is 0 Å². The zero-order valence-electron chi connectivity index (χ0n) is 17.9. The van der Waals surface area contributed by atoms with Crippen LogP contribution in [0.2, 0.25) is 5.02 Å². The van der Waals surface area contributed by atoms with Crippen LogP contribution in [-0.2, 0) is 14.3 Å². The lowest BCUT2D eigenvalue weighted by Crippen LogP contribution is -2.36. The molecule has 0 spiro atoms. The van der Waals surface area contributed by atoms with Gasteiger partial charge in [0.1, 0.15) is 0 Å². The van der Waals surface area contributed by atoms with Gasteiger partial charge in [-0.05, 0) is 56.4 Å². The van der Waals surface area contributed by atoms with Crippen LogP contribution in [0.25, 0.3) is 0 Å². The second-order valence-corrected chi connectivity index (χ2v) is 8.87. The maximum absolute atomic E-state index is 13.5. The van der Waals surface area contributed by atoms with Crippen LogP contribution in [-0.4, -0.2) is 17.9 Å². The van der Waals surface area contributed by atoms with E-state index in [1.54, 1.807) is 12.1 Å². The van der Waals surface area contributed by atoms with Crippen LogP contribution >= 0.6 is 11.6 Å². The highest BCUT2D eigenvalue weighted by molar-refractivity contribution is 6.30. The Hall–Kier alpha value is -2.85. The van der Waals surface area contributed by atoms with Crippen LogP contribution in [0.1, 0.15) is 56.6 Å². The number of hydrogen-bond donors (Lipinski definition) is 1. The van der Waals surface area contributed by atoms with E-state index in [2.05, 4.69) is 17.4 Å². The number of esters is 1. The summed E-state index contributed by atoms with van der Waals surface area (Å²) in [4.78, 5) is 26.5. The summed E-state index contributed by atoms with van der Waals surface area (Å²) in [6.45, 7) is 5.52. The Bertz CT molecular complexity index is 1070. The largest absolute Gasteiger partial charge is 0.460 e. The van der Waals surface area contributed by atoms with Gasteiger partial charge in [-0.25, -0.2) is 4.79 Å². The van der Waals surface area contributed by atoms with E-state index in [4.69, 9.17) is 16.3 Å². The predicted octanol–water partition coefficient (Wildman–Crippen LogP) is 5.65. The molecule has 0 radical (unpaired) electrons. The highest BCUT2D eigenvalue weighted by atomic mass is 35.5. The first kappa shape index (κ1) is 21.4. The fraction of sp³-hybridized carbons (Fsp3) is 0.308. The molecule has 31 heavy (non-hydrogen) atoms. The molecule has 0 unspecified atom stereocenters. The average molecular weight is 436 g/mol. The maximum atomic E-state index is 13.5. The fourth-order valence-corrected chi connectivity index (χ4v) is 4.66. The molecule has 5 heteroatoms. The molecule has 2 aromatic rings. The number of ketones is 1. The molecule has 4 nitrogen and oxygen atoms in total. The van der Waals surface area contributed by atoms with Gasteiger partial charge in [-0.3, -0.25) is 4.79 Å². The van der Waals surface area contributed by atoms with Crippen LogP contribution < -0.4 is 5.32 Å². The van der Waals surface area contributed by atoms with E-state index >= 15 is 0 Å². The van der Waals surface area contributed by atoms with Crippen LogP contribution in [0.3, 0.4) is 0 Å². The Morgan fingerprint density at radius 1 is 1.03 bits per heavy atom. The van der Waals surface area contributed by atoms with E-state index < -0.39 is 11.9 Å². The van der Waals surface area contributed by atoms with Crippen LogP contribution in [0.15, 0.2) is 77.1 Å². The summed E-state index contributed by atoms with van der Waals surface area (Å²) in [7, 11) is 0. The van der Waals surface area contributed by atoms with Crippen molar-refractivity contribution in [2.75, 3.05) is 0 Å². The van der Waals surface area contributed by atoms with Gasteiger partial charge in [-0.15, -0.1) is 0 Å². The lowest BCUT2D eigenvalue weighted by Gasteiger charge is -2.37. The molecule has 0 bridgehead atoms. The number of carbonyl (C=O) groups is 2. The summed E-state index contributed by atoms with van der Waals surface area (Å²) < 4.78 is 5.54. The van der Waals surface area contributed by atoms with Crippen molar-refractivity contribution in [2.24, 2.45) is 0 Å². The molecule has 0 aromatic heterocycles. The summed E-state index contributed by atoms with van der Waals surface area (Å²) in [5.41, 5.74) is 4.78. The zero-order valence-corrected chi connectivity index (χ0v) is 18.7. The summed E-state index contributed by atoms with van der Waals surface area (Å²) in [6.07, 6.45) is 0.887. The number of dihydropyridines is 1. The topological polar surface area (TPSA) is 55.4 Å². The van der Waals surface area contributed by atoms with Crippen molar-refractivity contribution in [3.8, 4) is 0 Å². The molecule has 0 fully saturated rings. The van der Waals surface area contributed by atoms with E-state index in [9.17, 15) is 9.59 Å². The van der Waals surface area contributed by atoms with Crippen LogP contribution in [0.5, 0.6) is 0 Å². The molecule has 2 atom stereocenters. The molecule has 0 saturated carbocycles. The second-order valence-electron chi connectivity index (χ2n) is 8.43. The molecule has 160 valence electrons. The smallest absolute Gasteiger partial charge is 0.337 e. The summed E-state index contributed by atoms with van der Waals surface area (Å²) in [5.74, 6) is -0.693. The molecular weight excluding hydrogens is 410 g/mol. The van der Waals surface area contributed by atoms with E-state index in [1.165, 1.54) is 0 Å². The van der Waals surface area contributed by atoms with Crippen molar-refractivity contribution >= 4 is 23.4 Å². The lowest BCUT2D eigenvalue weighted by molar-refractivity contribution is -0.143. The van der Waals surface area contributed by atoms with Gasteiger partial charge in [0.05, 0.1) is 11.7 Å². The Balaban J connectivity index is 1.79. The summed E-state index contributed by atoms with van der Waals surface area (Å²) in [5, 5.41) is 3.98. The second kappa shape index (κ2) is 8.72. The molecule has 0 amide bonds. The van der Waals surface area contributed by atoms with Crippen LogP contribution in [0, 0.1) is 0 Å². The molecule has 1 heterocycles. The van der Waals surface area contributed by atoms with Gasteiger partial charge in [0.2, 0.25) is 0 Å². The minimum atomic E-state index is -0.469. The minimum absolute atomic E-state index is 0.0601. The third kappa shape index (κ3) is 4.31. The Morgan fingerprint density at radius 2 is 1.71 bits per heavy atom. The highest BCUT2D eigenvalue weighted by Crippen LogP contribution is 2.45. The first-order valence-electron chi connectivity index (χ1n) is 10.6. The molecule has 1 aliphatic carbocycles. The molecule has 1 N–H and O–H groups in total. The Morgan fingerprint density at radius 3 is 2.35 bits per heavy atom. The highest BCUT2D eigenvalue weighted by Gasteiger charge is 2.41. The van der Waals surface area contributed by atoms with Crippen LogP contribution in [0.4, 0.5) is 0 Å². The Labute approximate surface area is 187 Å². The average Bonchev–Trinajstić information content (AvgIpc) is 2.73. The van der Waals surface area contributed by atoms with E-state index in [0.29, 0.717) is 22.6 Å². The summed E-state index contributed by atoms with van der Waals surface area (Å²) in [6, 6.07) is 17.5. The van der Waals surface area contributed by atoms with Gasteiger partial charge in [0.15, 0.2) is 5.78 Å².